The van der Waals surface area contributed by atoms with Crippen LogP contribution < -0.4 is 4.74 Å². The lowest BCUT2D eigenvalue weighted by atomic mass is 10.1. The van der Waals surface area contributed by atoms with Crippen molar-refractivity contribution in [2.45, 2.75) is 13.5 Å². The van der Waals surface area contributed by atoms with Crippen molar-refractivity contribution in [2.24, 2.45) is 0 Å². The van der Waals surface area contributed by atoms with Crippen LogP contribution in [0.3, 0.4) is 0 Å². The van der Waals surface area contributed by atoms with E-state index in [1.54, 1.807) is 25.1 Å². The minimum Gasteiger partial charge on any atom is -0.488 e. The number of hydrogen-bond acceptors (Lipinski definition) is 5. The van der Waals surface area contributed by atoms with Gasteiger partial charge in [-0.05, 0) is 19.1 Å². The largest absolute Gasteiger partial charge is 0.488 e. The molecule has 0 atom stereocenters. The van der Waals surface area contributed by atoms with Gasteiger partial charge >= 0.3 is 5.97 Å². The lowest BCUT2D eigenvalue weighted by Gasteiger charge is -2.10. The predicted molar refractivity (Wildman–Crippen MR) is 73.4 cm³/mol. The number of nitro benzene ring substituents is 1. The Bertz CT molecular complexity index is 700. The van der Waals surface area contributed by atoms with Crippen molar-refractivity contribution >= 4 is 11.7 Å². The molecule has 21 heavy (non-hydrogen) atoms. The second kappa shape index (κ2) is 6.00. The lowest BCUT2D eigenvalue weighted by molar-refractivity contribution is -0.385. The molecule has 7 heteroatoms. The van der Waals surface area contributed by atoms with Crippen LogP contribution in [0.5, 0.6) is 5.75 Å². The number of nitrogens with zero attached hydrogens (tertiary/aromatic N) is 2. The highest BCUT2D eigenvalue weighted by atomic mass is 16.6. The highest BCUT2D eigenvalue weighted by Gasteiger charge is 2.16. The molecule has 7 nitrogen and oxygen atoms in total. The first-order chi connectivity index (χ1) is 10.0. The molecule has 2 aromatic rings. The molecule has 0 amide bonds. The van der Waals surface area contributed by atoms with E-state index in [9.17, 15) is 14.9 Å². The van der Waals surface area contributed by atoms with Crippen molar-refractivity contribution < 1.29 is 19.6 Å². The summed E-state index contributed by atoms with van der Waals surface area (Å²) in [5.41, 5.74) is 0.650. The van der Waals surface area contributed by atoms with Gasteiger partial charge in [0.25, 0.3) is 5.69 Å². The Hall–Kier alpha value is -2.96. The zero-order chi connectivity index (χ0) is 15.4. The van der Waals surface area contributed by atoms with Gasteiger partial charge in [-0.1, -0.05) is 12.1 Å². The minimum absolute atomic E-state index is 0.0303. The van der Waals surface area contributed by atoms with Gasteiger partial charge in [0.05, 0.1) is 10.5 Å². The minimum atomic E-state index is -1.15. The number of aromatic nitrogens is 1. The molecule has 0 spiro atoms. The van der Waals surface area contributed by atoms with Crippen molar-refractivity contribution in [1.29, 1.82) is 0 Å². The van der Waals surface area contributed by atoms with Crippen LogP contribution in [0.15, 0.2) is 36.5 Å². The van der Waals surface area contributed by atoms with Crippen molar-refractivity contribution in [3.63, 3.8) is 0 Å². The fourth-order valence-electron chi connectivity index (χ4n) is 1.86. The fourth-order valence-corrected chi connectivity index (χ4v) is 1.86. The summed E-state index contributed by atoms with van der Waals surface area (Å²) in [6.07, 6.45) is 1.38. The van der Waals surface area contributed by atoms with E-state index >= 15 is 0 Å². The molecule has 0 saturated heterocycles. The molecule has 0 aliphatic carbocycles. The summed E-state index contributed by atoms with van der Waals surface area (Å²) in [5, 5.41) is 19.9. The smallest absolute Gasteiger partial charge is 0.354 e. The molecule has 0 aliphatic heterocycles. The van der Waals surface area contributed by atoms with Crippen LogP contribution in [-0.2, 0) is 6.61 Å². The summed E-state index contributed by atoms with van der Waals surface area (Å²) in [4.78, 5) is 25.2. The number of nitro groups is 1. The van der Waals surface area contributed by atoms with Crippen LogP contribution in [0.1, 0.15) is 21.6 Å². The SMILES string of the molecule is Cc1c(OCc2cccnc2C(=O)O)cccc1[N+](=O)[O-]. The summed E-state index contributed by atoms with van der Waals surface area (Å²) in [5.74, 6) is -0.811. The third-order valence-electron chi connectivity index (χ3n) is 2.93. The van der Waals surface area contributed by atoms with Crippen LogP contribution >= 0.6 is 0 Å². The molecule has 0 aliphatic rings. The van der Waals surface area contributed by atoms with E-state index in [0.29, 0.717) is 16.9 Å². The molecule has 0 fully saturated rings. The van der Waals surface area contributed by atoms with Gasteiger partial charge in [-0.15, -0.1) is 0 Å². The van der Waals surface area contributed by atoms with Crippen LogP contribution in [-0.4, -0.2) is 21.0 Å². The van der Waals surface area contributed by atoms with Gasteiger partial charge in [-0.25, -0.2) is 9.78 Å². The van der Waals surface area contributed by atoms with Gasteiger partial charge in [0.15, 0.2) is 5.69 Å². The molecule has 2 rings (SSSR count). The summed E-state index contributed by atoms with van der Waals surface area (Å²) in [6, 6.07) is 7.68. The maximum Gasteiger partial charge on any atom is 0.354 e. The lowest BCUT2D eigenvalue weighted by Crippen LogP contribution is -2.08. The van der Waals surface area contributed by atoms with Gasteiger partial charge in [0, 0.05) is 17.8 Å². The summed E-state index contributed by atoms with van der Waals surface area (Å²) < 4.78 is 5.50. The number of aromatic carboxylic acids is 1. The summed E-state index contributed by atoms with van der Waals surface area (Å²) in [6.45, 7) is 1.55. The Labute approximate surface area is 120 Å². The van der Waals surface area contributed by atoms with Crippen molar-refractivity contribution in [1.82, 2.24) is 4.98 Å². The first-order valence-electron chi connectivity index (χ1n) is 6.04. The van der Waals surface area contributed by atoms with E-state index in [1.807, 2.05) is 0 Å². The van der Waals surface area contributed by atoms with E-state index < -0.39 is 10.9 Å². The maximum absolute atomic E-state index is 11.0. The topological polar surface area (TPSA) is 103 Å². The summed E-state index contributed by atoms with van der Waals surface area (Å²) in [7, 11) is 0. The first kappa shape index (κ1) is 14.4. The molecule has 1 aromatic heterocycles. The monoisotopic (exact) mass is 288 g/mol. The first-order valence-corrected chi connectivity index (χ1v) is 6.04. The number of hydrogen-bond donors (Lipinski definition) is 1. The Morgan fingerprint density at radius 2 is 2.14 bits per heavy atom. The molecule has 1 aromatic carbocycles. The number of carbonyl (C=O) groups is 1. The van der Waals surface area contributed by atoms with Gasteiger partial charge in [-0.3, -0.25) is 10.1 Å². The van der Waals surface area contributed by atoms with Crippen LogP contribution in [0.4, 0.5) is 5.69 Å². The Balaban J connectivity index is 2.23. The maximum atomic E-state index is 11.0. The third kappa shape index (κ3) is 3.14. The molecular formula is C14H12N2O5. The summed E-state index contributed by atoms with van der Waals surface area (Å²) >= 11 is 0. The number of benzene rings is 1. The average molecular weight is 288 g/mol. The molecule has 1 heterocycles. The molecule has 0 bridgehead atoms. The van der Waals surface area contributed by atoms with Gasteiger partial charge in [-0.2, -0.15) is 0 Å². The van der Waals surface area contributed by atoms with E-state index in [2.05, 4.69) is 4.98 Å². The zero-order valence-corrected chi connectivity index (χ0v) is 11.1. The Kier molecular flexibility index (Phi) is 4.13. The van der Waals surface area contributed by atoms with Crippen LogP contribution in [0.25, 0.3) is 0 Å². The van der Waals surface area contributed by atoms with Crippen molar-refractivity contribution in [2.75, 3.05) is 0 Å². The van der Waals surface area contributed by atoms with Crippen LogP contribution in [0.2, 0.25) is 0 Å². The average Bonchev–Trinajstić information content (AvgIpc) is 2.46. The molecule has 108 valence electrons. The molecule has 1 N–H and O–H groups in total. The van der Waals surface area contributed by atoms with E-state index in [4.69, 9.17) is 9.84 Å². The third-order valence-corrected chi connectivity index (χ3v) is 2.93. The molecule has 0 saturated carbocycles. The van der Waals surface area contributed by atoms with E-state index in [-0.39, 0.29) is 18.0 Å². The van der Waals surface area contributed by atoms with Crippen LogP contribution in [0, 0.1) is 17.0 Å². The quantitative estimate of drug-likeness (QED) is 0.670. The molecule has 0 radical (unpaired) electrons. The van der Waals surface area contributed by atoms with Crippen molar-refractivity contribution in [3.05, 3.63) is 63.5 Å². The standard InChI is InChI=1S/C14H12N2O5/c1-9-11(16(19)20)5-2-6-12(9)21-8-10-4-3-7-15-13(10)14(17)18/h2-7H,8H2,1H3,(H,17,18). The number of ether oxygens (including phenoxy) is 1. The Morgan fingerprint density at radius 3 is 2.81 bits per heavy atom. The highest BCUT2D eigenvalue weighted by Crippen LogP contribution is 2.27. The second-order valence-electron chi connectivity index (χ2n) is 4.26. The second-order valence-corrected chi connectivity index (χ2v) is 4.26. The van der Waals surface area contributed by atoms with Gasteiger partial charge in [0.2, 0.25) is 0 Å². The Morgan fingerprint density at radius 1 is 1.38 bits per heavy atom. The van der Waals surface area contributed by atoms with Gasteiger partial charge in [0.1, 0.15) is 12.4 Å². The fraction of sp³-hybridized carbons (Fsp3) is 0.143. The number of carboxylic acid groups (broad SMARTS) is 1. The number of carboxylic acids is 1. The molecular weight excluding hydrogens is 276 g/mol. The van der Waals surface area contributed by atoms with Crippen molar-refractivity contribution in [3.8, 4) is 5.75 Å². The number of pyridine rings is 1. The van der Waals surface area contributed by atoms with E-state index in [1.165, 1.54) is 18.3 Å². The van der Waals surface area contributed by atoms with E-state index in [0.717, 1.165) is 0 Å². The molecule has 0 unspecified atom stereocenters. The number of rotatable bonds is 5. The normalized spacial score (nSPS) is 10.1. The predicted octanol–water partition coefficient (Wildman–Crippen LogP) is 2.58. The van der Waals surface area contributed by atoms with Gasteiger partial charge < -0.3 is 9.84 Å². The zero-order valence-electron chi connectivity index (χ0n) is 11.1. The highest BCUT2D eigenvalue weighted by molar-refractivity contribution is 5.86.